The van der Waals surface area contributed by atoms with Crippen molar-refractivity contribution < 1.29 is 4.79 Å². The number of para-hydroxylation sites is 2. The van der Waals surface area contributed by atoms with Gasteiger partial charge < -0.3 is 10.2 Å². The molecule has 4 nitrogen and oxygen atoms in total. The first-order chi connectivity index (χ1) is 11.6. The van der Waals surface area contributed by atoms with Crippen molar-refractivity contribution in [3.05, 3.63) is 53.1 Å². The second kappa shape index (κ2) is 6.02. The molecule has 5 heteroatoms. The summed E-state index contributed by atoms with van der Waals surface area (Å²) in [5.41, 5.74) is 3.79. The van der Waals surface area contributed by atoms with E-state index >= 15 is 0 Å². The standard InChI is InChI=1S/C19H20ClN3O/c1-13-15(20)7-4-8-16(13)21-19(24)23-12-14-6-5-11-22(14)17-9-2-3-10-18(17)23/h2-4,7-10,14H,5-6,11-12H2,1H3,(H,21,24)/t14-/m1/s1. The van der Waals surface area contributed by atoms with Crippen LogP contribution in [0.1, 0.15) is 18.4 Å². The van der Waals surface area contributed by atoms with Crippen molar-refractivity contribution in [2.75, 3.05) is 28.2 Å². The molecule has 0 bridgehead atoms. The fraction of sp³-hybridized carbons (Fsp3) is 0.316. The molecule has 0 saturated carbocycles. The van der Waals surface area contributed by atoms with E-state index in [-0.39, 0.29) is 6.03 Å². The third-order valence-corrected chi connectivity index (χ3v) is 5.42. The number of fused-ring (bicyclic) bond motifs is 3. The topological polar surface area (TPSA) is 35.6 Å². The minimum atomic E-state index is -0.0978. The lowest BCUT2D eigenvalue weighted by Gasteiger charge is -2.40. The van der Waals surface area contributed by atoms with Crippen LogP contribution in [-0.4, -0.2) is 25.2 Å². The van der Waals surface area contributed by atoms with E-state index in [0.29, 0.717) is 11.1 Å². The molecule has 4 rings (SSSR count). The number of hydrogen-bond donors (Lipinski definition) is 1. The number of nitrogens with zero attached hydrogens (tertiary/aromatic N) is 2. The van der Waals surface area contributed by atoms with E-state index in [1.54, 1.807) is 0 Å². The molecular weight excluding hydrogens is 322 g/mol. The van der Waals surface area contributed by atoms with E-state index in [4.69, 9.17) is 11.6 Å². The molecule has 2 aliphatic heterocycles. The van der Waals surface area contributed by atoms with Crippen molar-refractivity contribution in [3.63, 3.8) is 0 Å². The second-order valence-corrected chi connectivity index (χ2v) is 6.84. The Kier molecular flexibility index (Phi) is 3.85. The maximum Gasteiger partial charge on any atom is 0.326 e. The highest BCUT2D eigenvalue weighted by atomic mass is 35.5. The van der Waals surface area contributed by atoms with E-state index in [9.17, 15) is 4.79 Å². The molecule has 0 aromatic heterocycles. The highest BCUT2D eigenvalue weighted by molar-refractivity contribution is 6.31. The molecule has 1 atom stereocenters. The number of amides is 2. The summed E-state index contributed by atoms with van der Waals surface area (Å²) in [6.45, 7) is 3.72. The highest BCUT2D eigenvalue weighted by Crippen LogP contribution is 2.39. The zero-order valence-electron chi connectivity index (χ0n) is 13.6. The van der Waals surface area contributed by atoms with Gasteiger partial charge in [0, 0.05) is 29.8 Å². The third-order valence-electron chi connectivity index (χ3n) is 5.01. The number of rotatable bonds is 1. The van der Waals surface area contributed by atoms with Crippen LogP contribution in [0.15, 0.2) is 42.5 Å². The number of hydrogen-bond acceptors (Lipinski definition) is 2. The number of anilines is 3. The van der Waals surface area contributed by atoms with Gasteiger partial charge >= 0.3 is 6.03 Å². The Morgan fingerprint density at radius 2 is 1.96 bits per heavy atom. The number of halogens is 1. The van der Waals surface area contributed by atoms with Gasteiger partial charge in [-0.25, -0.2) is 4.79 Å². The van der Waals surface area contributed by atoms with Crippen LogP contribution in [0, 0.1) is 6.92 Å². The molecule has 0 aliphatic carbocycles. The Hall–Kier alpha value is -2.20. The van der Waals surface area contributed by atoms with Gasteiger partial charge in [0.25, 0.3) is 0 Å². The maximum absolute atomic E-state index is 12.9. The van der Waals surface area contributed by atoms with Crippen LogP contribution >= 0.6 is 11.6 Å². The Morgan fingerprint density at radius 1 is 1.17 bits per heavy atom. The summed E-state index contributed by atoms with van der Waals surface area (Å²) < 4.78 is 0. The van der Waals surface area contributed by atoms with E-state index in [1.165, 1.54) is 6.42 Å². The molecule has 2 aromatic rings. The van der Waals surface area contributed by atoms with Crippen molar-refractivity contribution in [1.82, 2.24) is 0 Å². The first-order valence-electron chi connectivity index (χ1n) is 8.34. The van der Waals surface area contributed by atoms with Gasteiger partial charge in [-0.2, -0.15) is 0 Å². The summed E-state index contributed by atoms with van der Waals surface area (Å²) in [5.74, 6) is 0. The molecule has 0 unspecified atom stereocenters. The summed E-state index contributed by atoms with van der Waals surface area (Å²) in [6, 6.07) is 14.0. The fourth-order valence-corrected chi connectivity index (χ4v) is 3.88. The lowest BCUT2D eigenvalue weighted by atomic mass is 10.1. The van der Waals surface area contributed by atoms with Crippen molar-refractivity contribution in [1.29, 1.82) is 0 Å². The Labute approximate surface area is 147 Å². The van der Waals surface area contributed by atoms with E-state index in [2.05, 4.69) is 16.3 Å². The Morgan fingerprint density at radius 3 is 2.79 bits per heavy atom. The molecule has 124 valence electrons. The predicted molar refractivity (Wildman–Crippen MR) is 99.4 cm³/mol. The van der Waals surface area contributed by atoms with Gasteiger partial charge in [-0.1, -0.05) is 29.8 Å². The van der Waals surface area contributed by atoms with Crippen LogP contribution in [0.25, 0.3) is 0 Å². The van der Waals surface area contributed by atoms with Gasteiger partial charge in [0.05, 0.1) is 11.4 Å². The molecule has 0 spiro atoms. The normalized spacial score (nSPS) is 19.0. The van der Waals surface area contributed by atoms with Crippen molar-refractivity contribution in [3.8, 4) is 0 Å². The predicted octanol–water partition coefficient (Wildman–Crippen LogP) is 4.67. The largest absolute Gasteiger partial charge is 0.365 e. The molecule has 2 amide bonds. The van der Waals surface area contributed by atoms with Gasteiger partial charge in [0.1, 0.15) is 0 Å². The van der Waals surface area contributed by atoms with Gasteiger partial charge in [0.15, 0.2) is 0 Å². The smallest absolute Gasteiger partial charge is 0.326 e. The monoisotopic (exact) mass is 341 g/mol. The van der Waals surface area contributed by atoms with E-state index in [1.807, 2.05) is 48.2 Å². The zero-order valence-corrected chi connectivity index (χ0v) is 14.4. The number of carbonyl (C=O) groups excluding carboxylic acids is 1. The van der Waals surface area contributed by atoms with E-state index < -0.39 is 0 Å². The molecule has 2 heterocycles. The highest BCUT2D eigenvalue weighted by Gasteiger charge is 2.36. The van der Waals surface area contributed by atoms with Crippen LogP contribution in [0.5, 0.6) is 0 Å². The summed E-state index contributed by atoms with van der Waals surface area (Å²) in [6.07, 6.45) is 2.32. The average Bonchev–Trinajstić information content (AvgIpc) is 3.07. The lowest BCUT2D eigenvalue weighted by molar-refractivity contribution is 0.256. The fourth-order valence-electron chi connectivity index (χ4n) is 3.70. The van der Waals surface area contributed by atoms with Gasteiger partial charge in [-0.05, 0) is 49.6 Å². The van der Waals surface area contributed by atoms with Crippen LogP contribution in [0.3, 0.4) is 0 Å². The Bertz CT molecular complexity index is 792. The maximum atomic E-state index is 12.9. The molecule has 0 radical (unpaired) electrons. The number of urea groups is 1. The molecule has 2 aromatic carbocycles. The zero-order chi connectivity index (χ0) is 16.7. The Balaban J connectivity index is 1.65. The molecule has 24 heavy (non-hydrogen) atoms. The van der Waals surface area contributed by atoms with Gasteiger partial charge in [-0.15, -0.1) is 0 Å². The minimum Gasteiger partial charge on any atom is -0.365 e. The van der Waals surface area contributed by atoms with Crippen LogP contribution in [0.2, 0.25) is 5.02 Å². The minimum absolute atomic E-state index is 0.0978. The van der Waals surface area contributed by atoms with Crippen LogP contribution in [0.4, 0.5) is 21.9 Å². The van der Waals surface area contributed by atoms with Crippen molar-refractivity contribution >= 4 is 34.7 Å². The lowest BCUT2D eigenvalue weighted by Crippen LogP contribution is -2.49. The van der Waals surface area contributed by atoms with Gasteiger partial charge in [0.2, 0.25) is 0 Å². The number of nitrogens with one attached hydrogen (secondary N) is 1. The third kappa shape index (κ3) is 2.51. The van der Waals surface area contributed by atoms with Crippen molar-refractivity contribution in [2.24, 2.45) is 0 Å². The quantitative estimate of drug-likeness (QED) is 0.818. The molecule has 2 aliphatic rings. The van der Waals surface area contributed by atoms with Gasteiger partial charge in [-0.3, -0.25) is 4.90 Å². The van der Waals surface area contributed by atoms with Crippen LogP contribution < -0.4 is 15.1 Å². The first-order valence-corrected chi connectivity index (χ1v) is 8.72. The van der Waals surface area contributed by atoms with E-state index in [0.717, 1.165) is 42.1 Å². The summed E-state index contributed by atoms with van der Waals surface area (Å²) >= 11 is 6.17. The van der Waals surface area contributed by atoms with Crippen LogP contribution in [-0.2, 0) is 0 Å². The number of carbonyl (C=O) groups is 1. The average molecular weight is 342 g/mol. The number of benzene rings is 2. The summed E-state index contributed by atoms with van der Waals surface area (Å²) in [5, 5.41) is 3.69. The van der Waals surface area contributed by atoms with Crippen molar-refractivity contribution in [2.45, 2.75) is 25.8 Å². The summed E-state index contributed by atoms with van der Waals surface area (Å²) in [7, 11) is 0. The molecular formula is C19H20ClN3O. The molecule has 1 saturated heterocycles. The first kappa shape index (κ1) is 15.3. The SMILES string of the molecule is Cc1c(Cl)cccc1NC(=O)N1C[C@H]2CCCN2c2ccccc21. The molecule has 1 fully saturated rings. The second-order valence-electron chi connectivity index (χ2n) is 6.43. The summed E-state index contributed by atoms with van der Waals surface area (Å²) in [4.78, 5) is 17.2. The molecule has 1 N–H and O–H groups in total.